The minimum absolute atomic E-state index is 0.0904. The third kappa shape index (κ3) is 4.18. The van der Waals surface area contributed by atoms with Gasteiger partial charge in [-0.15, -0.1) is 0 Å². The number of hydrogen-bond donors (Lipinski definition) is 1. The Balaban J connectivity index is 4.81. The highest BCUT2D eigenvalue weighted by atomic mass is 19.4. The lowest BCUT2D eigenvalue weighted by Gasteiger charge is -2.28. The molecular formula is C9H13F3O4. The maximum absolute atomic E-state index is 12.5. The third-order valence-electron chi connectivity index (χ3n) is 1.81. The highest BCUT2D eigenvalue weighted by Gasteiger charge is 2.55. The summed E-state index contributed by atoms with van der Waals surface area (Å²) < 4.78 is 41.7. The molecule has 16 heavy (non-hydrogen) atoms. The van der Waals surface area contributed by atoms with E-state index in [1.807, 2.05) is 0 Å². The molecule has 0 spiro atoms. The first-order valence-corrected chi connectivity index (χ1v) is 4.56. The predicted molar refractivity (Wildman–Crippen MR) is 47.6 cm³/mol. The van der Waals surface area contributed by atoms with E-state index in [1.165, 1.54) is 6.92 Å². The highest BCUT2D eigenvalue weighted by molar-refractivity contribution is 5.78. The van der Waals surface area contributed by atoms with Gasteiger partial charge in [-0.1, -0.05) is 0 Å². The minimum atomic E-state index is -5.05. The van der Waals surface area contributed by atoms with Gasteiger partial charge in [0.05, 0.1) is 13.0 Å². The Kier molecular flexibility index (Phi) is 4.92. The van der Waals surface area contributed by atoms with Crippen LogP contribution in [0.2, 0.25) is 0 Å². The molecule has 4 nitrogen and oxygen atoms in total. The lowest BCUT2D eigenvalue weighted by molar-refractivity contribution is -0.263. The minimum Gasteiger partial charge on any atom is -0.466 e. The molecule has 0 aromatic heterocycles. The van der Waals surface area contributed by atoms with Gasteiger partial charge < -0.3 is 9.84 Å². The van der Waals surface area contributed by atoms with Crippen molar-refractivity contribution in [2.45, 2.75) is 38.5 Å². The van der Waals surface area contributed by atoms with Crippen molar-refractivity contribution < 1.29 is 32.6 Å². The summed E-state index contributed by atoms with van der Waals surface area (Å²) in [6.45, 7) is 2.24. The fourth-order valence-electron chi connectivity index (χ4n) is 1.13. The summed E-state index contributed by atoms with van der Waals surface area (Å²) in [4.78, 5) is 21.5. The van der Waals surface area contributed by atoms with Crippen LogP contribution in [0.3, 0.4) is 0 Å². The molecule has 0 aliphatic rings. The smallest absolute Gasteiger partial charge is 0.418 e. The summed E-state index contributed by atoms with van der Waals surface area (Å²) in [6.07, 6.45) is -7.48. The molecule has 0 amide bonds. The van der Waals surface area contributed by atoms with Crippen molar-refractivity contribution in [3.63, 3.8) is 0 Å². The Hall–Kier alpha value is -1.11. The van der Waals surface area contributed by atoms with Gasteiger partial charge in [-0.3, -0.25) is 9.59 Å². The molecule has 0 aliphatic carbocycles. The summed E-state index contributed by atoms with van der Waals surface area (Å²) in [7, 11) is 0. The van der Waals surface area contributed by atoms with E-state index in [9.17, 15) is 27.9 Å². The van der Waals surface area contributed by atoms with Crippen LogP contribution < -0.4 is 0 Å². The van der Waals surface area contributed by atoms with E-state index in [-0.39, 0.29) is 6.61 Å². The summed E-state index contributed by atoms with van der Waals surface area (Å²) in [5.41, 5.74) is -3.34. The largest absolute Gasteiger partial charge is 0.466 e. The van der Waals surface area contributed by atoms with Crippen molar-refractivity contribution >= 4 is 11.8 Å². The Bertz CT molecular complexity index is 274. The van der Waals surface area contributed by atoms with Crippen LogP contribution in [0.4, 0.5) is 13.2 Å². The van der Waals surface area contributed by atoms with E-state index in [1.54, 1.807) is 0 Å². The molecule has 94 valence electrons. The molecule has 0 saturated carbocycles. The fraction of sp³-hybridized carbons (Fsp3) is 0.778. The van der Waals surface area contributed by atoms with Crippen molar-refractivity contribution in [3.8, 4) is 0 Å². The van der Waals surface area contributed by atoms with Crippen molar-refractivity contribution in [1.29, 1.82) is 0 Å². The van der Waals surface area contributed by atoms with Crippen molar-refractivity contribution in [2.24, 2.45) is 0 Å². The zero-order chi connectivity index (χ0) is 13.0. The van der Waals surface area contributed by atoms with Gasteiger partial charge in [0.15, 0.2) is 5.60 Å². The van der Waals surface area contributed by atoms with Crippen LogP contribution in [0.15, 0.2) is 0 Å². The van der Waals surface area contributed by atoms with Gasteiger partial charge in [-0.05, 0) is 13.8 Å². The highest BCUT2D eigenvalue weighted by Crippen LogP contribution is 2.36. The Morgan fingerprint density at radius 2 is 1.75 bits per heavy atom. The number of rotatable bonds is 5. The predicted octanol–water partition coefficient (Wildman–Crippen LogP) is 1.21. The molecule has 7 heteroatoms. The first-order valence-electron chi connectivity index (χ1n) is 4.56. The molecule has 0 heterocycles. The van der Waals surface area contributed by atoms with Gasteiger partial charge in [0.25, 0.3) is 0 Å². The fourth-order valence-corrected chi connectivity index (χ4v) is 1.13. The zero-order valence-corrected chi connectivity index (χ0v) is 8.93. The van der Waals surface area contributed by atoms with E-state index in [4.69, 9.17) is 0 Å². The number of Topliss-reactive ketones (excluding diaryl/α,β-unsaturated/α-hetero) is 1. The Labute approximate surface area is 90.4 Å². The van der Waals surface area contributed by atoms with Gasteiger partial charge in [0.1, 0.15) is 5.78 Å². The first kappa shape index (κ1) is 14.9. The van der Waals surface area contributed by atoms with E-state index in [0.717, 1.165) is 6.92 Å². The first-order chi connectivity index (χ1) is 7.12. The number of ketones is 1. The van der Waals surface area contributed by atoms with Crippen LogP contribution >= 0.6 is 0 Å². The maximum atomic E-state index is 12.5. The van der Waals surface area contributed by atoms with Crippen LogP contribution in [0.1, 0.15) is 26.7 Å². The second-order valence-electron chi connectivity index (χ2n) is 3.39. The number of alkyl halides is 3. The van der Waals surface area contributed by atoms with Crippen LogP contribution in [-0.4, -0.2) is 35.2 Å². The molecular weight excluding hydrogens is 229 g/mol. The molecule has 0 bridgehead atoms. The van der Waals surface area contributed by atoms with E-state index < -0.39 is 36.4 Å². The van der Waals surface area contributed by atoms with Gasteiger partial charge in [0.2, 0.25) is 0 Å². The van der Waals surface area contributed by atoms with E-state index in [0.29, 0.717) is 0 Å². The molecule has 1 N–H and O–H groups in total. The SMILES string of the molecule is CCOC(=O)C[C@@](O)(CC(C)=O)C(F)(F)F. The summed E-state index contributed by atoms with van der Waals surface area (Å²) in [5.74, 6) is -2.05. The molecule has 0 aromatic carbocycles. The number of halogens is 3. The lowest BCUT2D eigenvalue weighted by atomic mass is 9.93. The van der Waals surface area contributed by atoms with Crippen molar-refractivity contribution in [2.75, 3.05) is 6.61 Å². The molecule has 0 saturated heterocycles. The van der Waals surface area contributed by atoms with Gasteiger partial charge in [-0.2, -0.15) is 13.2 Å². The summed E-state index contributed by atoms with van der Waals surface area (Å²) >= 11 is 0. The summed E-state index contributed by atoms with van der Waals surface area (Å²) in [5, 5.41) is 9.27. The van der Waals surface area contributed by atoms with Gasteiger partial charge in [0, 0.05) is 6.42 Å². The Morgan fingerprint density at radius 3 is 2.06 bits per heavy atom. The van der Waals surface area contributed by atoms with Crippen molar-refractivity contribution in [3.05, 3.63) is 0 Å². The van der Waals surface area contributed by atoms with Crippen LogP contribution in [0.5, 0.6) is 0 Å². The second kappa shape index (κ2) is 5.29. The quantitative estimate of drug-likeness (QED) is 0.736. The van der Waals surface area contributed by atoms with Crippen molar-refractivity contribution in [1.82, 2.24) is 0 Å². The maximum Gasteiger partial charge on any atom is 0.418 e. The average molecular weight is 242 g/mol. The molecule has 0 unspecified atom stereocenters. The van der Waals surface area contributed by atoms with Gasteiger partial charge >= 0.3 is 12.1 Å². The van der Waals surface area contributed by atoms with E-state index >= 15 is 0 Å². The standard InChI is InChI=1S/C9H13F3O4/c1-3-16-7(14)5-8(15,4-6(2)13)9(10,11)12/h15H,3-5H2,1-2H3/t8-/m0/s1. The number of ether oxygens (including phenoxy) is 1. The molecule has 0 fully saturated rings. The van der Waals surface area contributed by atoms with Crippen LogP contribution in [-0.2, 0) is 14.3 Å². The monoisotopic (exact) mass is 242 g/mol. The molecule has 0 aliphatic heterocycles. The average Bonchev–Trinajstić information content (AvgIpc) is 1.99. The number of hydrogen-bond acceptors (Lipinski definition) is 4. The molecule has 0 aromatic rings. The second-order valence-corrected chi connectivity index (χ2v) is 3.39. The van der Waals surface area contributed by atoms with E-state index in [2.05, 4.69) is 4.74 Å². The number of aliphatic hydroxyl groups is 1. The number of esters is 1. The lowest BCUT2D eigenvalue weighted by Crippen LogP contribution is -2.48. The van der Waals surface area contributed by atoms with Crippen LogP contribution in [0.25, 0.3) is 0 Å². The zero-order valence-electron chi connectivity index (χ0n) is 8.93. The Morgan fingerprint density at radius 1 is 1.25 bits per heavy atom. The number of carbonyl (C=O) groups excluding carboxylic acids is 2. The normalized spacial score (nSPS) is 15.4. The third-order valence-corrected chi connectivity index (χ3v) is 1.81. The molecule has 0 rings (SSSR count). The van der Waals surface area contributed by atoms with Crippen LogP contribution in [0, 0.1) is 0 Å². The summed E-state index contributed by atoms with van der Waals surface area (Å²) in [6, 6.07) is 0. The number of carbonyl (C=O) groups is 2. The topological polar surface area (TPSA) is 63.6 Å². The molecule has 1 atom stereocenters. The molecule has 0 radical (unpaired) electrons. The van der Waals surface area contributed by atoms with Gasteiger partial charge in [-0.25, -0.2) is 0 Å².